The van der Waals surface area contributed by atoms with E-state index in [1.807, 2.05) is 4.90 Å². The van der Waals surface area contributed by atoms with Crippen LogP contribution in [0.3, 0.4) is 0 Å². The second-order valence-corrected chi connectivity index (χ2v) is 3.82. The number of amides is 1. The number of anilines is 1. The van der Waals surface area contributed by atoms with Crippen LogP contribution in [0, 0.1) is 0 Å². The standard InChI is InChI=1S/C6H5F2N.C6H12N2O/c7-9(8)6-4-2-1-3-5-6;1-6(9)8-4-2-7-3-5-8/h1-5H;7H,2-5H2,1H3. The monoisotopic (exact) mass is 257 g/mol. The summed E-state index contributed by atoms with van der Waals surface area (Å²) in [7, 11) is 0. The molecule has 4 nitrogen and oxygen atoms in total. The molecule has 0 unspecified atom stereocenters. The number of hydrogen-bond donors (Lipinski definition) is 1. The number of piperazine rings is 1. The lowest BCUT2D eigenvalue weighted by Gasteiger charge is -2.25. The number of halogens is 2. The number of nitrogens with one attached hydrogen (secondary N) is 1. The molecule has 0 aromatic heterocycles. The quantitative estimate of drug-likeness (QED) is 0.778. The molecule has 0 saturated carbocycles. The highest BCUT2D eigenvalue weighted by atomic mass is 19.4. The summed E-state index contributed by atoms with van der Waals surface area (Å²) in [5.74, 6) is 0.191. The fourth-order valence-corrected chi connectivity index (χ4v) is 1.52. The number of rotatable bonds is 1. The van der Waals surface area contributed by atoms with Crippen molar-refractivity contribution in [3.8, 4) is 0 Å². The van der Waals surface area contributed by atoms with Crippen molar-refractivity contribution in [1.82, 2.24) is 10.2 Å². The zero-order valence-corrected chi connectivity index (χ0v) is 10.3. The first-order valence-electron chi connectivity index (χ1n) is 5.74. The highest BCUT2D eigenvalue weighted by molar-refractivity contribution is 5.73. The van der Waals surface area contributed by atoms with Gasteiger partial charge in [0.05, 0.1) is 0 Å². The Balaban J connectivity index is 0.000000180. The van der Waals surface area contributed by atoms with Crippen LogP contribution in [0.15, 0.2) is 30.3 Å². The molecular formula is C12H17F2N3O. The Morgan fingerprint density at radius 1 is 1.22 bits per heavy atom. The fourth-order valence-electron chi connectivity index (χ4n) is 1.52. The SMILES string of the molecule is CC(=O)N1CCNCC1.FN(F)c1ccccc1. The molecule has 1 amide bonds. The van der Waals surface area contributed by atoms with Crippen LogP contribution in [0.2, 0.25) is 0 Å². The Morgan fingerprint density at radius 3 is 2.11 bits per heavy atom. The molecule has 100 valence electrons. The number of benzene rings is 1. The lowest BCUT2D eigenvalue weighted by Crippen LogP contribution is -2.45. The first-order chi connectivity index (χ1) is 8.61. The van der Waals surface area contributed by atoms with E-state index in [1.54, 1.807) is 25.1 Å². The summed E-state index contributed by atoms with van der Waals surface area (Å²) >= 11 is 0. The first kappa shape index (κ1) is 14.4. The minimum atomic E-state index is -0.917. The summed E-state index contributed by atoms with van der Waals surface area (Å²) in [6, 6.07) is 7.47. The zero-order chi connectivity index (χ0) is 13.4. The molecule has 6 heteroatoms. The van der Waals surface area contributed by atoms with E-state index < -0.39 is 5.34 Å². The van der Waals surface area contributed by atoms with E-state index in [0.29, 0.717) is 0 Å². The van der Waals surface area contributed by atoms with Crippen molar-refractivity contribution in [2.45, 2.75) is 6.92 Å². The van der Waals surface area contributed by atoms with Crippen LogP contribution in [-0.2, 0) is 4.79 Å². The fraction of sp³-hybridized carbons (Fsp3) is 0.417. The molecule has 1 N–H and O–H groups in total. The molecule has 2 rings (SSSR count). The maximum Gasteiger partial charge on any atom is 0.219 e. The maximum atomic E-state index is 11.6. The van der Waals surface area contributed by atoms with Gasteiger partial charge in [0.1, 0.15) is 5.69 Å². The predicted molar refractivity (Wildman–Crippen MR) is 66.3 cm³/mol. The molecule has 1 aliphatic rings. The third-order valence-corrected chi connectivity index (χ3v) is 2.51. The number of carbonyl (C=O) groups excluding carboxylic acids is 1. The van der Waals surface area contributed by atoms with Crippen molar-refractivity contribution in [3.63, 3.8) is 0 Å². The Labute approximate surface area is 105 Å². The second kappa shape index (κ2) is 7.60. The number of nitrogens with zero attached hydrogens (tertiary/aromatic N) is 2. The molecular weight excluding hydrogens is 240 g/mol. The summed E-state index contributed by atoms with van der Waals surface area (Å²) in [6.07, 6.45) is 0. The minimum absolute atomic E-state index is 0.0856. The van der Waals surface area contributed by atoms with E-state index in [4.69, 9.17) is 0 Å². The molecule has 1 heterocycles. The molecule has 1 aliphatic heterocycles. The summed E-state index contributed by atoms with van der Waals surface area (Å²) in [4.78, 5) is 12.6. The van der Waals surface area contributed by atoms with Crippen molar-refractivity contribution in [1.29, 1.82) is 0 Å². The molecule has 1 aromatic rings. The van der Waals surface area contributed by atoms with Crippen molar-refractivity contribution < 1.29 is 13.8 Å². The van der Waals surface area contributed by atoms with Gasteiger partial charge in [-0.3, -0.25) is 4.79 Å². The number of hydrogen-bond acceptors (Lipinski definition) is 3. The molecule has 1 fully saturated rings. The molecule has 0 radical (unpaired) electrons. The molecule has 1 aromatic carbocycles. The van der Waals surface area contributed by atoms with Crippen LogP contribution in [-0.4, -0.2) is 37.0 Å². The Hall–Kier alpha value is -1.69. The van der Waals surface area contributed by atoms with E-state index in [1.165, 1.54) is 12.1 Å². The number of para-hydroxylation sites is 1. The van der Waals surface area contributed by atoms with E-state index in [-0.39, 0.29) is 11.6 Å². The highest BCUT2D eigenvalue weighted by Gasteiger charge is 2.10. The molecule has 1 saturated heterocycles. The lowest BCUT2D eigenvalue weighted by atomic mass is 10.3. The van der Waals surface area contributed by atoms with E-state index in [0.717, 1.165) is 26.2 Å². The van der Waals surface area contributed by atoms with Gasteiger partial charge in [-0.1, -0.05) is 27.2 Å². The summed E-state index contributed by atoms with van der Waals surface area (Å²) < 4.78 is 23.2. The Kier molecular flexibility index (Phi) is 6.07. The first-order valence-corrected chi connectivity index (χ1v) is 5.74. The van der Waals surface area contributed by atoms with Gasteiger partial charge in [0.2, 0.25) is 5.91 Å². The average Bonchev–Trinajstić information content (AvgIpc) is 2.41. The van der Waals surface area contributed by atoms with Gasteiger partial charge in [0.25, 0.3) is 0 Å². The molecule has 18 heavy (non-hydrogen) atoms. The van der Waals surface area contributed by atoms with Crippen LogP contribution in [0.1, 0.15) is 6.92 Å². The Bertz CT molecular complexity index is 354. The molecule has 0 atom stereocenters. The largest absolute Gasteiger partial charge is 0.340 e. The predicted octanol–water partition coefficient (Wildman–Crippen LogP) is 1.70. The van der Waals surface area contributed by atoms with Crippen molar-refractivity contribution in [2.75, 3.05) is 31.5 Å². The lowest BCUT2D eigenvalue weighted by molar-refractivity contribution is -0.129. The third kappa shape index (κ3) is 5.09. The van der Waals surface area contributed by atoms with Crippen LogP contribution < -0.4 is 10.7 Å². The molecule has 0 bridgehead atoms. The van der Waals surface area contributed by atoms with E-state index in [2.05, 4.69) is 5.32 Å². The minimum Gasteiger partial charge on any atom is -0.340 e. The Morgan fingerprint density at radius 2 is 1.78 bits per heavy atom. The van der Waals surface area contributed by atoms with Gasteiger partial charge < -0.3 is 10.2 Å². The van der Waals surface area contributed by atoms with Crippen LogP contribution in [0.25, 0.3) is 0 Å². The van der Waals surface area contributed by atoms with Gasteiger partial charge in [-0.05, 0) is 17.5 Å². The highest BCUT2D eigenvalue weighted by Crippen LogP contribution is 2.12. The smallest absolute Gasteiger partial charge is 0.219 e. The summed E-state index contributed by atoms with van der Waals surface area (Å²) in [6.45, 7) is 5.25. The number of carbonyl (C=O) groups is 1. The van der Waals surface area contributed by atoms with Crippen molar-refractivity contribution in [2.24, 2.45) is 0 Å². The second-order valence-electron chi connectivity index (χ2n) is 3.82. The van der Waals surface area contributed by atoms with Gasteiger partial charge >= 0.3 is 0 Å². The van der Waals surface area contributed by atoms with Crippen molar-refractivity contribution >= 4 is 11.6 Å². The van der Waals surface area contributed by atoms with E-state index in [9.17, 15) is 13.8 Å². The van der Waals surface area contributed by atoms with Gasteiger partial charge in [0, 0.05) is 33.1 Å². The maximum absolute atomic E-state index is 11.6. The van der Waals surface area contributed by atoms with E-state index >= 15 is 0 Å². The van der Waals surface area contributed by atoms with Gasteiger partial charge in [0.15, 0.2) is 0 Å². The summed E-state index contributed by atoms with van der Waals surface area (Å²) in [5.41, 5.74) is -0.0856. The van der Waals surface area contributed by atoms with Gasteiger partial charge in [-0.25, -0.2) is 0 Å². The zero-order valence-electron chi connectivity index (χ0n) is 10.3. The third-order valence-electron chi connectivity index (χ3n) is 2.51. The van der Waals surface area contributed by atoms with Gasteiger partial charge in [-0.15, -0.1) is 0 Å². The summed E-state index contributed by atoms with van der Waals surface area (Å²) in [5, 5.41) is 2.26. The van der Waals surface area contributed by atoms with Gasteiger partial charge in [-0.2, -0.15) is 0 Å². The topological polar surface area (TPSA) is 35.6 Å². The molecule has 0 spiro atoms. The normalized spacial score (nSPS) is 14.5. The van der Waals surface area contributed by atoms with Crippen LogP contribution in [0.4, 0.5) is 14.6 Å². The van der Waals surface area contributed by atoms with Crippen molar-refractivity contribution in [3.05, 3.63) is 30.3 Å². The van der Waals surface area contributed by atoms with Crippen LogP contribution in [0.5, 0.6) is 0 Å². The average molecular weight is 257 g/mol. The molecule has 0 aliphatic carbocycles. The van der Waals surface area contributed by atoms with Crippen LogP contribution >= 0.6 is 0 Å².